The van der Waals surface area contributed by atoms with E-state index in [1.807, 2.05) is 12.1 Å². The fourth-order valence-corrected chi connectivity index (χ4v) is 4.15. The minimum atomic E-state index is -0.841. The van der Waals surface area contributed by atoms with E-state index in [0.717, 1.165) is 23.0 Å². The van der Waals surface area contributed by atoms with Crippen molar-refractivity contribution >= 4 is 39.1 Å². The third-order valence-corrected chi connectivity index (χ3v) is 5.40. The lowest BCUT2D eigenvalue weighted by Crippen LogP contribution is -2.40. The smallest absolute Gasteiger partial charge is 0.307 e. The highest BCUT2D eigenvalue weighted by Crippen LogP contribution is 2.30. The van der Waals surface area contributed by atoms with Gasteiger partial charge in [0, 0.05) is 11.4 Å². The average molecular weight is 360 g/mol. The van der Waals surface area contributed by atoms with Crippen molar-refractivity contribution in [3.8, 4) is 0 Å². The Kier molecular flexibility index (Phi) is 5.60. The summed E-state index contributed by atoms with van der Waals surface area (Å²) in [5.74, 6) is -1.82. The van der Waals surface area contributed by atoms with Crippen LogP contribution in [-0.4, -0.2) is 23.5 Å². The molecular weight excluding hydrogens is 342 g/mol. The molecule has 0 aliphatic heterocycles. The Morgan fingerprint density at radius 3 is 2.60 bits per heavy atom. The number of carbonyl (C=O) groups is 2. The number of carboxylic acids is 1. The average Bonchev–Trinajstić information content (AvgIpc) is 2.84. The van der Waals surface area contributed by atoms with Crippen molar-refractivity contribution in [3.63, 3.8) is 0 Å². The van der Waals surface area contributed by atoms with Gasteiger partial charge < -0.3 is 10.4 Å². The van der Waals surface area contributed by atoms with E-state index in [4.69, 9.17) is 0 Å². The van der Waals surface area contributed by atoms with Crippen LogP contribution < -0.4 is 5.32 Å². The van der Waals surface area contributed by atoms with Crippen molar-refractivity contribution in [2.24, 2.45) is 11.8 Å². The summed E-state index contributed by atoms with van der Waals surface area (Å²) in [7, 11) is 0. The molecule has 1 aromatic rings. The predicted octanol–water partition coefficient (Wildman–Crippen LogP) is 3.06. The number of hydrogen-bond donors (Lipinski definition) is 2. The van der Waals surface area contributed by atoms with Crippen LogP contribution in [0.25, 0.3) is 0 Å². The molecule has 1 heterocycles. The molecule has 1 aliphatic rings. The quantitative estimate of drug-likeness (QED) is 0.848. The van der Waals surface area contributed by atoms with Crippen molar-refractivity contribution in [2.75, 3.05) is 6.54 Å². The van der Waals surface area contributed by atoms with Gasteiger partial charge in [-0.05, 0) is 47.3 Å². The van der Waals surface area contributed by atoms with Crippen molar-refractivity contribution in [1.82, 2.24) is 5.32 Å². The summed E-state index contributed by atoms with van der Waals surface area (Å²) < 4.78 is 1.08. The van der Waals surface area contributed by atoms with Gasteiger partial charge in [0.05, 0.1) is 15.6 Å². The summed E-state index contributed by atoms with van der Waals surface area (Å²) in [5, 5.41) is 12.1. The van der Waals surface area contributed by atoms with Crippen LogP contribution in [0, 0.1) is 11.8 Å². The zero-order valence-electron chi connectivity index (χ0n) is 11.1. The van der Waals surface area contributed by atoms with E-state index in [1.165, 1.54) is 4.88 Å². The molecule has 0 saturated heterocycles. The highest BCUT2D eigenvalue weighted by Gasteiger charge is 2.35. The second-order valence-corrected chi connectivity index (χ2v) is 7.63. The third-order valence-electron chi connectivity index (χ3n) is 3.72. The van der Waals surface area contributed by atoms with Gasteiger partial charge in [0.25, 0.3) is 0 Å². The summed E-state index contributed by atoms with van der Waals surface area (Å²) in [5.41, 5.74) is 0. The Balaban J connectivity index is 1.82. The summed E-state index contributed by atoms with van der Waals surface area (Å²) in [6.45, 7) is 0.564. The van der Waals surface area contributed by atoms with E-state index in [9.17, 15) is 14.7 Å². The number of thiophene rings is 1. The van der Waals surface area contributed by atoms with E-state index in [0.29, 0.717) is 19.4 Å². The maximum Gasteiger partial charge on any atom is 0.307 e. The Hall–Kier alpha value is -0.880. The molecule has 2 unspecified atom stereocenters. The molecular formula is C14H18BrNO3S. The highest BCUT2D eigenvalue weighted by atomic mass is 79.9. The second-order valence-electron chi connectivity index (χ2n) is 5.08. The molecule has 1 fully saturated rings. The lowest BCUT2D eigenvalue weighted by Gasteiger charge is -2.27. The van der Waals surface area contributed by atoms with Crippen LogP contribution in [0.4, 0.5) is 0 Å². The zero-order chi connectivity index (χ0) is 14.5. The summed E-state index contributed by atoms with van der Waals surface area (Å²) in [6.07, 6.45) is 3.94. The summed E-state index contributed by atoms with van der Waals surface area (Å²) in [4.78, 5) is 24.5. The van der Waals surface area contributed by atoms with Gasteiger partial charge in [0.2, 0.25) is 5.91 Å². The molecule has 1 saturated carbocycles. The number of halogens is 1. The minimum absolute atomic E-state index is 0.104. The minimum Gasteiger partial charge on any atom is -0.481 e. The number of hydrogen-bond acceptors (Lipinski definition) is 3. The molecule has 0 spiro atoms. The summed E-state index contributed by atoms with van der Waals surface area (Å²) >= 11 is 5.06. The fourth-order valence-electron chi connectivity index (χ4n) is 2.67. The molecule has 1 amide bonds. The largest absolute Gasteiger partial charge is 0.481 e. The predicted molar refractivity (Wildman–Crippen MR) is 81.8 cm³/mol. The Labute approximate surface area is 130 Å². The number of rotatable bonds is 5. The number of carbonyl (C=O) groups excluding carboxylic acids is 1. The van der Waals surface area contributed by atoms with Crippen LogP contribution in [0.1, 0.15) is 30.6 Å². The lowest BCUT2D eigenvalue weighted by molar-refractivity contribution is -0.148. The van der Waals surface area contributed by atoms with Crippen molar-refractivity contribution < 1.29 is 14.7 Å². The number of carboxylic acid groups (broad SMARTS) is 1. The van der Waals surface area contributed by atoms with Gasteiger partial charge in [-0.15, -0.1) is 11.3 Å². The fraction of sp³-hybridized carbons (Fsp3) is 0.571. The first-order valence-corrected chi connectivity index (χ1v) is 8.43. The maximum absolute atomic E-state index is 12.1. The third kappa shape index (κ3) is 4.06. The molecule has 2 atom stereocenters. The molecule has 2 rings (SSSR count). The molecule has 0 aromatic carbocycles. The number of amides is 1. The standard InChI is InChI=1S/C14H18BrNO3S/c15-12-6-5-9(20-12)7-8-16-13(17)10-3-1-2-4-11(10)14(18)19/h5-6,10-11H,1-4,7-8H2,(H,16,17)(H,18,19). The van der Waals surface area contributed by atoms with E-state index < -0.39 is 11.9 Å². The van der Waals surface area contributed by atoms with E-state index >= 15 is 0 Å². The van der Waals surface area contributed by atoms with E-state index in [-0.39, 0.29) is 11.8 Å². The molecule has 0 bridgehead atoms. The van der Waals surface area contributed by atoms with Crippen LogP contribution >= 0.6 is 27.3 Å². The van der Waals surface area contributed by atoms with Crippen molar-refractivity contribution in [1.29, 1.82) is 0 Å². The van der Waals surface area contributed by atoms with Crippen molar-refractivity contribution in [3.05, 3.63) is 20.8 Å². The molecule has 1 aromatic heterocycles. The SMILES string of the molecule is O=C(O)C1CCCCC1C(=O)NCCc1ccc(Br)s1. The topological polar surface area (TPSA) is 66.4 Å². The normalized spacial score (nSPS) is 22.4. The molecule has 20 heavy (non-hydrogen) atoms. The molecule has 2 N–H and O–H groups in total. The van der Waals surface area contributed by atoms with Gasteiger partial charge in [-0.25, -0.2) is 0 Å². The van der Waals surface area contributed by atoms with E-state index in [1.54, 1.807) is 11.3 Å². The summed E-state index contributed by atoms with van der Waals surface area (Å²) in [6, 6.07) is 4.02. The van der Waals surface area contributed by atoms with E-state index in [2.05, 4.69) is 21.2 Å². The first kappa shape index (κ1) is 15.5. The molecule has 4 nitrogen and oxygen atoms in total. The molecule has 0 radical (unpaired) electrons. The van der Waals surface area contributed by atoms with Crippen LogP contribution in [0.3, 0.4) is 0 Å². The molecule has 6 heteroatoms. The molecule has 110 valence electrons. The monoisotopic (exact) mass is 359 g/mol. The van der Waals surface area contributed by atoms with Gasteiger partial charge in [0.1, 0.15) is 0 Å². The van der Waals surface area contributed by atoms with Crippen LogP contribution in [0.5, 0.6) is 0 Å². The van der Waals surface area contributed by atoms with Crippen LogP contribution in [0.2, 0.25) is 0 Å². The highest BCUT2D eigenvalue weighted by molar-refractivity contribution is 9.11. The Morgan fingerprint density at radius 2 is 2.00 bits per heavy atom. The lowest BCUT2D eigenvalue weighted by atomic mass is 9.78. The van der Waals surface area contributed by atoms with Crippen LogP contribution in [0.15, 0.2) is 15.9 Å². The van der Waals surface area contributed by atoms with Gasteiger partial charge in [-0.2, -0.15) is 0 Å². The van der Waals surface area contributed by atoms with Crippen molar-refractivity contribution in [2.45, 2.75) is 32.1 Å². The first-order chi connectivity index (χ1) is 9.58. The van der Waals surface area contributed by atoms with Crippen LogP contribution in [-0.2, 0) is 16.0 Å². The molecule has 1 aliphatic carbocycles. The van der Waals surface area contributed by atoms with Gasteiger partial charge in [-0.3, -0.25) is 9.59 Å². The van der Waals surface area contributed by atoms with Gasteiger partial charge in [-0.1, -0.05) is 12.8 Å². The van der Waals surface area contributed by atoms with Gasteiger partial charge in [0.15, 0.2) is 0 Å². The Bertz CT molecular complexity index is 489. The zero-order valence-corrected chi connectivity index (χ0v) is 13.5. The maximum atomic E-state index is 12.1. The van der Waals surface area contributed by atoms with Gasteiger partial charge >= 0.3 is 5.97 Å². The first-order valence-electron chi connectivity index (χ1n) is 6.82. The number of nitrogens with one attached hydrogen (secondary N) is 1. The second kappa shape index (κ2) is 7.22. The Morgan fingerprint density at radius 1 is 1.30 bits per heavy atom. The number of aliphatic carboxylic acids is 1.